The fraction of sp³-hybridized carbons (Fsp3) is 0.429. The van der Waals surface area contributed by atoms with Crippen LogP contribution in [0, 0.1) is 0 Å². The van der Waals surface area contributed by atoms with Gasteiger partial charge in [-0.05, 0) is 43.0 Å². The third-order valence-corrected chi connectivity index (χ3v) is 2.16. The average molecular weight is 252 g/mol. The SMILES string of the molecule is CC(C)OC(C)(C)Oc1cccc(C=CS)c1. The smallest absolute Gasteiger partial charge is 0.205 e. The first-order chi connectivity index (χ1) is 7.93. The molecule has 0 N–H and O–H groups in total. The molecule has 0 spiro atoms. The van der Waals surface area contributed by atoms with Gasteiger partial charge in [-0.3, -0.25) is 0 Å². The van der Waals surface area contributed by atoms with E-state index in [1.165, 1.54) is 0 Å². The van der Waals surface area contributed by atoms with Crippen LogP contribution < -0.4 is 4.74 Å². The van der Waals surface area contributed by atoms with E-state index in [2.05, 4.69) is 12.6 Å². The molecule has 0 saturated carbocycles. The van der Waals surface area contributed by atoms with Crippen molar-refractivity contribution < 1.29 is 9.47 Å². The molecule has 17 heavy (non-hydrogen) atoms. The topological polar surface area (TPSA) is 18.5 Å². The van der Waals surface area contributed by atoms with Crippen molar-refractivity contribution in [3.05, 3.63) is 35.2 Å². The minimum Gasteiger partial charge on any atom is -0.463 e. The third kappa shape index (κ3) is 5.29. The largest absolute Gasteiger partial charge is 0.463 e. The van der Waals surface area contributed by atoms with Gasteiger partial charge in [0.15, 0.2) is 0 Å². The van der Waals surface area contributed by atoms with Gasteiger partial charge in [-0.2, -0.15) is 12.6 Å². The van der Waals surface area contributed by atoms with Gasteiger partial charge in [0.2, 0.25) is 5.79 Å². The molecule has 0 fully saturated rings. The van der Waals surface area contributed by atoms with Gasteiger partial charge in [-0.25, -0.2) is 0 Å². The van der Waals surface area contributed by atoms with Crippen molar-refractivity contribution in [1.29, 1.82) is 0 Å². The van der Waals surface area contributed by atoms with Crippen LogP contribution in [0.2, 0.25) is 0 Å². The van der Waals surface area contributed by atoms with Crippen molar-refractivity contribution in [2.24, 2.45) is 0 Å². The molecule has 0 bridgehead atoms. The van der Waals surface area contributed by atoms with Crippen LogP contribution in [0.1, 0.15) is 33.3 Å². The number of benzene rings is 1. The van der Waals surface area contributed by atoms with Crippen LogP contribution in [0.4, 0.5) is 0 Å². The van der Waals surface area contributed by atoms with E-state index in [9.17, 15) is 0 Å². The van der Waals surface area contributed by atoms with E-state index in [-0.39, 0.29) is 6.10 Å². The summed E-state index contributed by atoms with van der Waals surface area (Å²) < 4.78 is 11.5. The van der Waals surface area contributed by atoms with Crippen molar-refractivity contribution in [2.45, 2.75) is 39.6 Å². The fourth-order valence-electron chi connectivity index (χ4n) is 1.64. The highest BCUT2D eigenvalue weighted by atomic mass is 32.1. The fourth-order valence-corrected chi connectivity index (χ4v) is 1.82. The van der Waals surface area contributed by atoms with Gasteiger partial charge in [0.05, 0.1) is 6.10 Å². The number of hydrogen-bond donors (Lipinski definition) is 1. The van der Waals surface area contributed by atoms with Crippen LogP contribution in [0.5, 0.6) is 5.75 Å². The minimum atomic E-state index is -0.628. The van der Waals surface area contributed by atoms with E-state index < -0.39 is 5.79 Å². The molecular formula is C14H20O2S. The Morgan fingerprint density at radius 3 is 2.59 bits per heavy atom. The molecule has 2 nitrogen and oxygen atoms in total. The molecule has 0 amide bonds. The molecule has 0 aliphatic rings. The summed E-state index contributed by atoms with van der Waals surface area (Å²) >= 11 is 4.05. The second-order valence-electron chi connectivity index (χ2n) is 4.56. The lowest BCUT2D eigenvalue weighted by Gasteiger charge is -2.28. The predicted octanol–water partition coefficient (Wildman–Crippen LogP) is 4.13. The lowest BCUT2D eigenvalue weighted by atomic mass is 10.2. The van der Waals surface area contributed by atoms with E-state index >= 15 is 0 Å². The van der Waals surface area contributed by atoms with E-state index in [1.54, 1.807) is 5.41 Å². The highest BCUT2D eigenvalue weighted by Gasteiger charge is 2.21. The van der Waals surface area contributed by atoms with E-state index in [0.717, 1.165) is 11.3 Å². The molecular weight excluding hydrogens is 232 g/mol. The molecule has 0 aliphatic heterocycles. The maximum Gasteiger partial charge on any atom is 0.205 e. The van der Waals surface area contributed by atoms with Crippen molar-refractivity contribution in [3.63, 3.8) is 0 Å². The van der Waals surface area contributed by atoms with Crippen molar-refractivity contribution in [3.8, 4) is 5.75 Å². The average Bonchev–Trinajstić information content (AvgIpc) is 2.15. The van der Waals surface area contributed by atoms with Gasteiger partial charge >= 0.3 is 0 Å². The van der Waals surface area contributed by atoms with Crippen molar-refractivity contribution in [2.75, 3.05) is 0 Å². The number of ether oxygens (including phenoxy) is 2. The van der Waals surface area contributed by atoms with Crippen LogP contribution in [0.3, 0.4) is 0 Å². The molecule has 0 saturated heterocycles. The molecule has 1 rings (SSSR count). The second-order valence-corrected chi connectivity index (χ2v) is 4.85. The number of thiol groups is 1. The van der Waals surface area contributed by atoms with Gasteiger partial charge in [0.25, 0.3) is 0 Å². The van der Waals surface area contributed by atoms with Crippen LogP contribution in [-0.4, -0.2) is 11.9 Å². The summed E-state index contributed by atoms with van der Waals surface area (Å²) in [6.45, 7) is 7.80. The Balaban J connectivity index is 2.77. The van der Waals surface area contributed by atoms with Gasteiger partial charge in [0, 0.05) is 13.8 Å². The van der Waals surface area contributed by atoms with E-state index in [4.69, 9.17) is 9.47 Å². The molecule has 0 radical (unpaired) electrons. The van der Waals surface area contributed by atoms with Gasteiger partial charge < -0.3 is 9.47 Å². The Morgan fingerprint density at radius 1 is 1.29 bits per heavy atom. The first-order valence-electron chi connectivity index (χ1n) is 5.70. The summed E-state index contributed by atoms with van der Waals surface area (Å²) in [5.74, 6) is 0.164. The Labute approximate surface area is 109 Å². The lowest BCUT2D eigenvalue weighted by molar-refractivity contribution is -0.178. The summed E-state index contributed by atoms with van der Waals surface area (Å²) in [7, 11) is 0. The molecule has 0 heterocycles. The monoisotopic (exact) mass is 252 g/mol. The maximum atomic E-state index is 5.82. The number of rotatable bonds is 5. The highest BCUT2D eigenvalue weighted by molar-refractivity contribution is 7.83. The van der Waals surface area contributed by atoms with Crippen molar-refractivity contribution >= 4 is 18.7 Å². The standard InChI is InChI=1S/C14H20O2S/c1-11(2)15-14(3,4)16-13-7-5-6-12(10-13)8-9-17/h5-11,17H,1-4H3. The Hall–Kier alpha value is -0.930. The lowest BCUT2D eigenvalue weighted by Crippen LogP contribution is -2.34. The van der Waals surface area contributed by atoms with Crippen LogP contribution in [0.25, 0.3) is 6.08 Å². The van der Waals surface area contributed by atoms with E-state index in [0.29, 0.717) is 0 Å². The van der Waals surface area contributed by atoms with E-state index in [1.807, 2.05) is 58.0 Å². The third-order valence-electron chi connectivity index (χ3n) is 2.01. The Morgan fingerprint density at radius 2 is 2.00 bits per heavy atom. The van der Waals surface area contributed by atoms with Crippen LogP contribution in [-0.2, 0) is 4.74 Å². The zero-order valence-electron chi connectivity index (χ0n) is 10.8. The molecule has 3 heteroatoms. The van der Waals surface area contributed by atoms with Crippen LogP contribution in [0.15, 0.2) is 29.7 Å². The zero-order chi connectivity index (χ0) is 12.9. The summed E-state index contributed by atoms with van der Waals surface area (Å²) in [4.78, 5) is 0. The second kappa shape index (κ2) is 6.12. The molecule has 1 aromatic rings. The van der Waals surface area contributed by atoms with Gasteiger partial charge in [-0.1, -0.05) is 12.1 Å². The summed E-state index contributed by atoms with van der Waals surface area (Å²) in [5, 5.41) is 1.70. The normalized spacial score (nSPS) is 12.4. The molecule has 1 aromatic carbocycles. The quantitative estimate of drug-likeness (QED) is 0.627. The number of hydrogen-bond acceptors (Lipinski definition) is 3. The molecule has 0 unspecified atom stereocenters. The van der Waals surface area contributed by atoms with Gasteiger partial charge in [0.1, 0.15) is 5.75 Å². The highest BCUT2D eigenvalue weighted by Crippen LogP contribution is 2.22. The van der Waals surface area contributed by atoms with Crippen molar-refractivity contribution in [1.82, 2.24) is 0 Å². The first kappa shape index (κ1) is 14.1. The summed E-state index contributed by atoms with van der Waals surface area (Å²) in [6, 6.07) is 7.82. The summed E-state index contributed by atoms with van der Waals surface area (Å²) in [6.07, 6.45) is 2.04. The molecule has 94 valence electrons. The Kier molecular flexibility index (Phi) is 5.09. The molecule has 0 aliphatic carbocycles. The predicted molar refractivity (Wildman–Crippen MR) is 75.4 cm³/mol. The Bertz CT molecular complexity index is 384. The minimum absolute atomic E-state index is 0.130. The maximum absolute atomic E-state index is 5.82. The zero-order valence-corrected chi connectivity index (χ0v) is 11.7. The van der Waals surface area contributed by atoms with Gasteiger partial charge in [-0.15, -0.1) is 0 Å². The first-order valence-corrected chi connectivity index (χ1v) is 6.22. The summed E-state index contributed by atoms with van der Waals surface area (Å²) in [5.41, 5.74) is 1.05. The van der Waals surface area contributed by atoms with Crippen LogP contribution >= 0.6 is 12.6 Å². The molecule has 0 aromatic heterocycles. The molecule has 0 atom stereocenters.